The van der Waals surface area contributed by atoms with E-state index in [9.17, 15) is 0 Å². The highest BCUT2D eigenvalue weighted by atomic mass is 15.1. The largest absolute Gasteiger partial charge is 0.372 e. The van der Waals surface area contributed by atoms with E-state index in [4.69, 9.17) is 5.26 Å². The second-order valence-electron chi connectivity index (χ2n) is 4.47. The lowest BCUT2D eigenvalue weighted by molar-refractivity contribution is 0.301. The van der Waals surface area contributed by atoms with Crippen molar-refractivity contribution in [3.8, 4) is 6.07 Å². The van der Waals surface area contributed by atoms with Crippen molar-refractivity contribution in [3.63, 3.8) is 0 Å². The topological polar surface area (TPSA) is 43.2 Å². The summed E-state index contributed by atoms with van der Waals surface area (Å²) in [7, 11) is 0. The summed E-state index contributed by atoms with van der Waals surface area (Å²) in [6.07, 6.45) is 2.85. The molecule has 0 radical (unpaired) electrons. The molecule has 19 heavy (non-hydrogen) atoms. The number of hydrogen-bond donors (Lipinski definition) is 0. The van der Waals surface area contributed by atoms with Crippen LogP contribution >= 0.6 is 0 Å². The van der Waals surface area contributed by atoms with Crippen LogP contribution in [0.5, 0.6) is 0 Å². The van der Waals surface area contributed by atoms with Gasteiger partial charge in [-0.2, -0.15) is 5.26 Å². The van der Waals surface area contributed by atoms with E-state index in [0.717, 1.165) is 44.8 Å². The van der Waals surface area contributed by atoms with Gasteiger partial charge in [-0.3, -0.25) is 0 Å². The summed E-state index contributed by atoms with van der Waals surface area (Å²) in [5, 5.41) is 8.89. The quantitative estimate of drug-likeness (QED) is 0.720. The van der Waals surface area contributed by atoms with Gasteiger partial charge in [0.25, 0.3) is 0 Å². The van der Waals surface area contributed by atoms with Crippen molar-refractivity contribution in [1.82, 2.24) is 9.88 Å². The van der Waals surface area contributed by atoms with Gasteiger partial charge in [0.05, 0.1) is 0 Å². The maximum absolute atomic E-state index is 8.89. The normalized spacial score (nSPS) is 10.5. The molecule has 0 aromatic carbocycles. The molecule has 1 aromatic rings. The van der Waals surface area contributed by atoms with Crippen molar-refractivity contribution in [2.45, 2.75) is 27.2 Å². The minimum absolute atomic E-state index is 0.486. The molecule has 0 bridgehead atoms. The van der Waals surface area contributed by atoms with Crippen molar-refractivity contribution in [2.75, 3.05) is 37.6 Å². The summed E-state index contributed by atoms with van der Waals surface area (Å²) < 4.78 is 0. The highest BCUT2D eigenvalue weighted by molar-refractivity contribution is 5.48. The van der Waals surface area contributed by atoms with Crippen LogP contribution in [0.1, 0.15) is 32.9 Å². The molecular weight excluding hydrogens is 236 g/mol. The van der Waals surface area contributed by atoms with Crippen LogP contribution < -0.4 is 4.90 Å². The third kappa shape index (κ3) is 4.88. The SMILES string of the molecule is CCN(CC)CCCN(CC)c1ccnc(C#N)c1. The first kappa shape index (κ1) is 15.5. The number of nitrogens with zero attached hydrogens (tertiary/aromatic N) is 4. The Labute approximate surface area is 116 Å². The molecule has 1 rings (SSSR count). The van der Waals surface area contributed by atoms with Crippen LogP contribution in [0.4, 0.5) is 5.69 Å². The van der Waals surface area contributed by atoms with E-state index in [1.54, 1.807) is 6.20 Å². The first-order valence-electron chi connectivity index (χ1n) is 7.08. The molecule has 0 fully saturated rings. The Morgan fingerprint density at radius 1 is 1.16 bits per heavy atom. The summed E-state index contributed by atoms with van der Waals surface area (Å²) in [6, 6.07) is 5.93. The Hall–Kier alpha value is -1.60. The zero-order chi connectivity index (χ0) is 14.1. The van der Waals surface area contributed by atoms with E-state index in [1.165, 1.54) is 0 Å². The first-order chi connectivity index (χ1) is 9.24. The van der Waals surface area contributed by atoms with E-state index in [1.807, 2.05) is 12.1 Å². The molecule has 0 aliphatic carbocycles. The van der Waals surface area contributed by atoms with Gasteiger partial charge in [0.1, 0.15) is 11.8 Å². The molecule has 0 aliphatic rings. The van der Waals surface area contributed by atoms with Crippen LogP contribution in [0.25, 0.3) is 0 Å². The molecule has 0 spiro atoms. The van der Waals surface area contributed by atoms with E-state index in [2.05, 4.69) is 41.6 Å². The number of hydrogen-bond acceptors (Lipinski definition) is 4. The number of anilines is 1. The highest BCUT2D eigenvalue weighted by Crippen LogP contribution is 2.14. The summed E-state index contributed by atoms with van der Waals surface area (Å²) in [5.41, 5.74) is 1.58. The molecule has 0 amide bonds. The fourth-order valence-corrected chi connectivity index (χ4v) is 2.17. The summed E-state index contributed by atoms with van der Waals surface area (Å²) >= 11 is 0. The van der Waals surface area contributed by atoms with Gasteiger partial charge in [0.2, 0.25) is 0 Å². The molecule has 4 nitrogen and oxygen atoms in total. The lowest BCUT2D eigenvalue weighted by Crippen LogP contribution is -2.30. The third-order valence-electron chi connectivity index (χ3n) is 3.40. The van der Waals surface area contributed by atoms with Gasteiger partial charge < -0.3 is 9.80 Å². The Morgan fingerprint density at radius 2 is 1.89 bits per heavy atom. The zero-order valence-corrected chi connectivity index (χ0v) is 12.3. The maximum atomic E-state index is 8.89. The van der Waals surface area contributed by atoms with Crippen LogP contribution in [0.2, 0.25) is 0 Å². The predicted molar refractivity (Wildman–Crippen MR) is 79.2 cm³/mol. The van der Waals surface area contributed by atoms with Crippen molar-refractivity contribution in [2.24, 2.45) is 0 Å². The maximum Gasteiger partial charge on any atom is 0.142 e. The summed E-state index contributed by atoms with van der Waals surface area (Å²) in [4.78, 5) is 8.74. The second-order valence-corrected chi connectivity index (χ2v) is 4.47. The fourth-order valence-electron chi connectivity index (χ4n) is 2.17. The molecule has 104 valence electrons. The number of pyridine rings is 1. The Balaban J connectivity index is 2.55. The van der Waals surface area contributed by atoms with Crippen LogP contribution in [0.15, 0.2) is 18.3 Å². The summed E-state index contributed by atoms with van der Waals surface area (Å²) in [6.45, 7) is 11.8. The molecule has 1 aromatic heterocycles. The second kappa shape index (κ2) is 8.49. The average Bonchev–Trinajstić information content (AvgIpc) is 2.47. The Morgan fingerprint density at radius 3 is 2.47 bits per heavy atom. The molecule has 0 N–H and O–H groups in total. The molecule has 0 unspecified atom stereocenters. The van der Waals surface area contributed by atoms with Crippen molar-refractivity contribution in [3.05, 3.63) is 24.0 Å². The third-order valence-corrected chi connectivity index (χ3v) is 3.40. The van der Waals surface area contributed by atoms with Crippen LogP contribution in [0, 0.1) is 11.3 Å². The van der Waals surface area contributed by atoms with Crippen molar-refractivity contribution < 1.29 is 0 Å². The van der Waals surface area contributed by atoms with E-state index < -0.39 is 0 Å². The van der Waals surface area contributed by atoms with Gasteiger partial charge >= 0.3 is 0 Å². The van der Waals surface area contributed by atoms with Crippen LogP contribution in [0.3, 0.4) is 0 Å². The average molecular weight is 260 g/mol. The minimum atomic E-state index is 0.486. The van der Waals surface area contributed by atoms with Gasteiger partial charge in [-0.1, -0.05) is 13.8 Å². The van der Waals surface area contributed by atoms with E-state index in [-0.39, 0.29) is 0 Å². The lowest BCUT2D eigenvalue weighted by atomic mass is 10.2. The minimum Gasteiger partial charge on any atom is -0.372 e. The zero-order valence-electron chi connectivity index (χ0n) is 12.3. The molecule has 4 heteroatoms. The van der Waals surface area contributed by atoms with E-state index >= 15 is 0 Å². The molecule has 1 heterocycles. The van der Waals surface area contributed by atoms with Crippen molar-refractivity contribution in [1.29, 1.82) is 5.26 Å². The molecular formula is C15H24N4. The van der Waals surface area contributed by atoms with Gasteiger partial charge in [0, 0.05) is 25.0 Å². The van der Waals surface area contributed by atoms with Crippen LogP contribution in [-0.2, 0) is 0 Å². The van der Waals surface area contributed by atoms with Crippen molar-refractivity contribution >= 4 is 5.69 Å². The fraction of sp³-hybridized carbons (Fsp3) is 0.600. The number of aromatic nitrogens is 1. The molecule has 0 aliphatic heterocycles. The molecule has 0 saturated heterocycles. The molecule has 0 saturated carbocycles. The Bertz CT molecular complexity index is 407. The highest BCUT2D eigenvalue weighted by Gasteiger charge is 2.06. The smallest absolute Gasteiger partial charge is 0.142 e. The van der Waals surface area contributed by atoms with Gasteiger partial charge in [-0.15, -0.1) is 0 Å². The lowest BCUT2D eigenvalue weighted by Gasteiger charge is -2.25. The first-order valence-corrected chi connectivity index (χ1v) is 7.08. The number of rotatable bonds is 8. The standard InChI is InChI=1S/C15H24N4/c1-4-18(5-2)10-7-11-19(6-3)15-8-9-17-14(12-15)13-16/h8-9,12H,4-7,10-11H2,1-3H3. The monoisotopic (exact) mass is 260 g/mol. The predicted octanol–water partition coefficient (Wildman–Crippen LogP) is 2.51. The van der Waals surface area contributed by atoms with Gasteiger partial charge in [-0.05, 0) is 45.1 Å². The van der Waals surface area contributed by atoms with Gasteiger partial charge in [0.15, 0.2) is 0 Å². The Kier molecular flexibility index (Phi) is 6.91. The van der Waals surface area contributed by atoms with Crippen LogP contribution in [-0.4, -0.2) is 42.6 Å². The molecule has 0 atom stereocenters. The van der Waals surface area contributed by atoms with E-state index in [0.29, 0.717) is 5.69 Å². The number of nitriles is 1. The van der Waals surface area contributed by atoms with Gasteiger partial charge in [-0.25, -0.2) is 4.98 Å². The summed E-state index contributed by atoms with van der Waals surface area (Å²) in [5.74, 6) is 0.